The van der Waals surface area contributed by atoms with Crippen LogP contribution in [-0.4, -0.2) is 70.7 Å². The maximum Gasteiger partial charge on any atom is 0.254 e. The van der Waals surface area contributed by atoms with Crippen molar-refractivity contribution < 1.29 is 4.79 Å². The molecule has 1 aliphatic rings. The Morgan fingerprint density at radius 3 is 2.80 bits per heavy atom. The first-order chi connectivity index (χ1) is 12.1. The predicted molar refractivity (Wildman–Crippen MR) is 96.7 cm³/mol. The number of nitrogens with zero attached hydrogens (tertiary/aromatic N) is 6. The van der Waals surface area contributed by atoms with Crippen LogP contribution in [0, 0.1) is 5.92 Å². The molecule has 136 valence electrons. The highest BCUT2D eigenvalue weighted by Crippen LogP contribution is 2.24. The Balaban J connectivity index is 1.63. The third kappa shape index (κ3) is 4.07. The molecule has 3 rings (SSSR count). The van der Waals surface area contributed by atoms with E-state index < -0.39 is 0 Å². The summed E-state index contributed by atoms with van der Waals surface area (Å²) >= 11 is 0. The van der Waals surface area contributed by atoms with E-state index >= 15 is 0 Å². The number of hydrogen-bond donors (Lipinski definition) is 1. The molecule has 0 aliphatic carbocycles. The van der Waals surface area contributed by atoms with Crippen LogP contribution in [0.25, 0.3) is 5.78 Å². The maximum absolute atomic E-state index is 12.3. The van der Waals surface area contributed by atoms with Gasteiger partial charge in [-0.3, -0.25) is 4.79 Å². The van der Waals surface area contributed by atoms with E-state index in [1.165, 1.54) is 6.33 Å². The monoisotopic (exact) mass is 345 g/mol. The van der Waals surface area contributed by atoms with Gasteiger partial charge in [0.2, 0.25) is 5.91 Å². The first-order valence-corrected chi connectivity index (χ1v) is 8.95. The van der Waals surface area contributed by atoms with E-state index in [9.17, 15) is 4.79 Å². The Bertz CT molecular complexity index is 719. The summed E-state index contributed by atoms with van der Waals surface area (Å²) in [6, 6.07) is 2.08. The van der Waals surface area contributed by atoms with Crippen molar-refractivity contribution in [2.45, 2.75) is 26.2 Å². The summed E-state index contributed by atoms with van der Waals surface area (Å²) in [5.41, 5.74) is 1.01. The summed E-state index contributed by atoms with van der Waals surface area (Å²) in [5.74, 6) is 1.93. The van der Waals surface area contributed by atoms with Crippen molar-refractivity contribution >= 4 is 17.5 Å². The standard InChI is InChI=1S/C17H27N7O/c1-4-14-11-15(24-17(21-14)19-12-20-24)23-8-5-13(6-9-23)16(25)18-7-10-22(2)3/h11-13H,4-10H2,1-3H3,(H,18,25). The normalized spacial score (nSPS) is 15.9. The first-order valence-electron chi connectivity index (χ1n) is 8.95. The van der Waals surface area contributed by atoms with E-state index in [1.807, 2.05) is 14.1 Å². The van der Waals surface area contributed by atoms with Gasteiger partial charge in [-0.2, -0.15) is 14.6 Å². The van der Waals surface area contributed by atoms with Gasteiger partial charge in [0.25, 0.3) is 5.78 Å². The second-order valence-electron chi connectivity index (χ2n) is 6.79. The molecule has 8 heteroatoms. The number of likely N-dealkylation sites (N-methyl/N-ethyl adjacent to an activating group) is 1. The molecule has 8 nitrogen and oxygen atoms in total. The lowest BCUT2D eigenvalue weighted by atomic mass is 9.96. The highest BCUT2D eigenvalue weighted by molar-refractivity contribution is 5.79. The third-order valence-electron chi connectivity index (χ3n) is 4.70. The van der Waals surface area contributed by atoms with E-state index in [0.717, 1.165) is 50.4 Å². The van der Waals surface area contributed by atoms with Crippen molar-refractivity contribution in [3.05, 3.63) is 18.1 Å². The third-order valence-corrected chi connectivity index (χ3v) is 4.70. The SMILES string of the molecule is CCc1cc(N2CCC(C(=O)NCCN(C)C)CC2)n2ncnc2n1. The van der Waals surface area contributed by atoms with Crippen LogP contribution >= 0.6 is 0 Å². The zero-order valence-electron chi connectivity index (χ0n) is 15.3. The van der Waals surface area contributed by atoms with Crippen LogP contribution in [0.1, 0.15) is 25.5 Å². The van der Waals surface area contributed by atoms with Crippen LogP contribution in [0.2, 0.25) is 0 Å². The molecule has 2 aromatic heterocycles. The molecule has 0 radical (unpaired) electrons. The molecule has 0 saturated carbocycles. The molecule has 1 amide bonds. The number of piperidine rings is 1. The molecule has 0 bridgehead atoms. The molecule has 3 heterocycles. The summed E-state index contributed by atoms with van der Waals surface area (Å²) in [4.78, 5) is 25.4. The van der Waals surface area contributed by atoms with Crippen molar-refractivity contribution in [3.8, 4) is 0 Å². The molecule has 0 unspecified atom stereocenters. The lowest BCUT2D eigenvalue weighted by Crippen LogP contribution is -2.42. The Labute approximate surface area is 148 Å². The van der Waals surface area contributed by atoms with Gasteiger partial charge in [0.1, 0.15) is 12.1 Å². The summed E-state index contributed by atoms with van der Waals surface area (Å²) in [6.07, 6.45) is 4.11. The van der Waals surface area contributed by atoms with Gasteiger partial charge >= 0.3 is 0 Å². The topological polar surface area (TPSA) is 78.7 Å². The molecule has 1 fully saturated rings. The minimum atomic E-state index is 0.0946. The van der Waals surface area contributed by atoms with E-state index in [0.29, 0.717) is 12.3 Å². The second kappa shape index (κ2) is 7.77. The zero-order chi connectivity index (χ0) is 17.8. The lowest BCUT2D eigenvalue weighted by molar-refractivity contribution is -0.125. The molecule has 1 aliphatic heterocycles. The quantitative estimate of drug-likeness (QED) is 0.825. The van der Waals surface area contributed by atoms with Crippen molar-refractivity contribution in [2.75, 3.05) is 45.2 Å². The maximum atomic E-state index is 12.3. The number of carbonyl (C=O) groups excluding carboxylic acids is 1. The number of carbonyl (C=O) groups is 1. The van der Waals surface area contributed by atoms with E-state index in [2.05, 4.69) is 43.2 Å². The minimum absolute atomic E-state index is 0.0946. The van der Waals surface area contributed by atoms with Crippen molar-refractivity contribution in [2.24, 2.45) is 5.92 Å². The van der Waals surface area contributed by atoms with Crippen molar-refractivity contribution in [1.82, 2.24) is 29.8 Å². The zero-order valence-corrected chi connectivity index (χ0v) is 15.3. The summed E-state index contributed by atoms with van der Waals surface area (Å²) in [5, 5.41) is 7.34. The van der Waals surface area contributed by atoms with E-state index in [4.69, 9.17) is 0 Å². The molecule has 1 N–H and O–H groups in total. The van der Waals surface area contributed by atoms with Crippen molar-refractivity contribution in [3.63, 3.8) is 0 Å². The van der Waals surface area contributed by atoms with Gasteiger partial charge in [-0.15, -0.1) is 0 Å². The predicted octanol–water partition coefficient (Wildman–Crippen LogP) is 0.581. The molecule has 0 aromatic carbocycles. The van der Waals surface area contributed by atoms with Gasteiger partial charge < -0.3 is 15.1 Å². The number of amides is 1. The average molecular weight is 345 g/mol. The molecule has 1 saturated heterocycles. The number of anilines is 1. The van der Waals surface area contributed by atoms with E-state index in [1.54, 1.807) is 4.52 Å². The van der Waals surface area contributed by atoms with Crippen LogP contribution in [0.4, 0.5) is 5.82 Å². The first kappa shape index (κ1) is 17.6. The molecule has 0 spiro atoms. The highest BCUT2D eigenvalue weighted by atomic mass is 16.1. The number of nitrogens with one attached hydrogen (secondary N) is 1. The number of hydrogen-bond acceptors (Lipinski definition) is 6. The lowest BCUT2D eigenvalue weighted by Gasteiger charge is -2.33. The average Bonchev–Trinajstić information content (AvgIpc) is 3.09. The summed E-state index contributed by atoms with van der Waals surface area (Å²) in [7, 11) is 4.02. The largest absolute Gasteiger partial charge is 0.356 e. The molecular weight excluding hydrogens is 318 g/mol. The Morgan fingerprint density at radius 1 is 1.36 bits per heavy atom. The fourth-order valence-electron chi connectivity index (χ4n) is 3.17. The molecule has 0 atom stereocenters. The van der Waals surface area contributed by atoms with Gasteiger partial charge in [-0.05, 0) is 33.4 Å². The number of fused-ring (bicyclic) bond motifs is 1. The molecular formula is C17H27N7O. The molecule has 25 heavy (non-hydrogen) atoms. The van der Waals surface area contributed by atoms with Crippen molar-refractivity contribution in [1.29, 1.82) is 0 Å². The van der Waals surface area contributed by atoms with Gasteiger partial charge in [0.15, 0.2) is 0 Å². The van der Waals surface area contributed by atoms with Gasteiger partial charge in [0, 0.05) is 43.9 Å². The van der Waals surface area contributed by atoms with Crippen LogP contribution in [0.5, 0.6) is 0 Å². The fourth-order valence-corrected chi connectivity index (χ4v) is 3.17. The highest BCUT2D eigenvalue weighted by Gasteiger charge is 2.26. The number of aryl methyl sites for hydroxylation is 1. The second-order valence-corrected chi connectivity index (χ2v) is 6.79. The Kier molecular flexibility index (Phi) is 5.47. The smallest absolute Gasteiger partial charge is 0.254 e. The van der Waals surface area contributed by atoms with Crippen LogP contribution in [-0.2, 0) is 11.2 Å². The summed E-state index contributed by atoms with van der Waals surface area (Å²) < 4.78 is 1.79. The summed E-state index contributed by atoms with van der Waals surface area (Å²) in [6.45, 7) is 5.34. The van der Waals surface area contributed by atoms with Gasteiger partial charge in [-0.1, -0.05) is 6.92 Å². The van der Waals surface area contributed by atoms with Gasteiger partial charge in [-0.25, -0.2) is 4.98 Å². The van der Waals surface area contributed by atoms with E-state index in [-0.39, 0.29) is 11.8 Å². The van der Waals surface area contributed by atoms with Crippen LogP contribution in [0.15, 0.2) is 12.4 Å². The van der Waals surface area contributed by atoms with Crippen LogP contribution in [0.3, 0.4) is 0 Å². The number of aromatic nitrogens is 4. The minimum Gasteiger partial charge on any atom is -0.356 e. The number of rotatable bonds is 6. The fraction of sp³-hybridized carbons (Fsp3) is 0.647. The van der Waals surface area contributed by atoms with Gasteiger partial charge in [0.05, 0.1) is 0 Å². The Hall–Kier alpha value is -2.22. The Morgan fingerprint density at radius 2 is 2.12 bits per heavy atom. The van der Waals surface area contributed by atoms with Crippen LogP contribution < -0.4 is 10.2 Å². The molecule has 2 aromatic rings.